The van der Waals surface area contributed by atoms with Crippen molar-refractivity contribution >= 4 is 11.6 Å². The van der Waals surface area contributed by atoms with Gasteiger partial charge in [-0.2, -0.15) is 0 Å². The van der Waals surface area contributed by atoms with E-state index in [0.29, 0.717) is 13.2 Å². The van der Waals surface area contributed by atoms with E-state index in [1.165, 1.54) is 6.07 Å². The molecule has 1 rings (SSSR count). The molecule has 0 atom stereocenters. The van der Waals surface area contributed by atoms with Crippen molar-refractivity contribution in [1.82, 2.24) is 10.2 Å². The van der Waals surface area contributed by atoms with Gasteiger partial charge in [0.25, 0.3) is 0 Å². The molecule has 1 N–H and O–H groups in total. The van der Waals surface area contributed by atoms with Gasteiger partial charge >= 0.3 is 0 Å². The van der Waals surface area contributed by atoms with Gasteiger partial charge in [0.15, 0.2) is 0 Å². The maximum atomic E-state index is 13.1. The van der Waals surface area contributed by atoms with Crippen LogP contribution in [0.1, 0.15) is 5.56 Å². The maximum absolute atomic E-state index is 13.1. The quantitative estimate of drug-likeness (QED) is 0.735. The Morgan fingerprint density at radius 1 is 1.33 bits per heavy atom. The lowest BCUT2D eigenvalue weighted by Crippen LogP contribution is -2.23. The topological polar surface area (TPSA) is 24.5 Å². The number of hydrogen-bond acceptors (Lipinski definition) is 3. The minimum absolute atomic E-state index is 0.193. The number of hydrogen-bond donors (Lipinski definition) is 1. The van der Waals surface area contributed by atoms with Gasteiger partial charge in [0.1, 0.15) is 5.82 Å². The lowest BCUT2D eigenvalue weighted by atomic mass is 10.2. The fourth-order valence-electron chi connectivity index (χ4n) is 1.40. The molecule has 0 heterocycles. The predicted molar refractivity (Wildman–Crippen MR) is 72.5 cm³/mol. The van der Waals surface area contributed by atoms with Gasteiger partial charge in [-0.1, -0.05) is 23.7 Å². The Morgan fingerprint density at radius 3 is 2.83 bits per heavy atom. The van der Waals surface area contributed by atoms with E-state index in [2.05, 4.69) is 10.2 Å². The molecular weight excluding hydrogens is 255 g/mol. The van der Waals surface area contributed by atoms with Crippen molar-refractivity contribution in [2.75, 3.05) is 40.4 Å². The molecule has 0 bridgehead atoms. The molecule has 0 aromatic heterocycles. The van der Waals surface area contributed by atoms with Gasteiger partial charge in [-0.05, 0) is 25.7 Å². The summed E-state index contributed by atoms with van der Waals surface area (Å²) in [6.45, 7) is 3.54. The highest BCUT2D eigenvalue weighted by atomic mass is 35.5. The van der Waals surface area contributed by atoms with E-state index >= 15 is 0 Å². The Hall–Kier alpha value is -0.680. The van der Waals surface area contributed by atoms with Crippen molar-refractivity contribution < 1.29 is 9.13 Å². The minimum Gasteiger partial charge on any atom is -0.379 e. The van der Waals surface area contributed by atoms with Gasteiger partial charge in [0.2, 0.25) is 0 Å². The Labute approximate surface area is 113 Å². The summed E-state index contributed by atoms with van der Waals surface area (Å²) in [7, 11) is 4.01. The van der Waals surface area contributed by atoms with Crippen LogP contribution in [0.2, 0.25) is 5.02 Å². The second kappa shape index (κ2) is 8.43. The van der Waals surface area contributed by atoms with E-state index in [1.807, 2.05) is 20.2 Å². The highest BCUT2D eigenvalue weighted by Gasteiger charge is 2.04. The zero-order valence-corrected chi connectivity index (χ0v) is 11.6. The summed E-state index contributed by atoms with van der Waals surface area (Å²) in [5.74, 6) is -0.377. The first-order valence-electron chi connectivity index (χ1n) is 5.97. The molecule has 0 aliphatic rings. The van der Waals surface area contributed by atoms with Crippen molar-refractivity contribution in [3.05, 3.63) is 34.6 Å². The Kier molecular flexibility index (Phi) is 7.20. The third-order valence-electron chi connectivity index (χ3n) is 2.45. The number of ether oxygens (including phenoxy) is 1. The molecule has 1 aromatic rings. The lowest BCUT2D eigenvalue weighted by Gasteiger charge is -2.10. The van der Waals surface area contributed by atoms with Crippen LogP contribution in [0, 0.1) is 5.82 Å². The monoisotopic (exact) mass is 274 g/mol. The summed E-state index contributed by atoms with van der Waals surface area (Å²) in [5, 5.41) is 3.36. The van der Waals surface area contributed by atoms with E-state index in [4.69, 9.17) is 16.3 Å². The average molecular weight is 275 g/mol. The van der Waals surface area contributed by atoms with Crippen LogP contribution >= 0.6 is 11.6 Å². The van der Waals surface area contributed by atoms with Crippen LogP contribution in [0.4, 0.5) is 4.39 Å². The molecule has 0 saturated carbocycles. The smallest absolute Gasteiger partial charge is 0.142 e. The predicted octanol–water partition coefficient (Wildman–Crippen LogP) is 2.15. The van der Waals surface area contributed by atoms with Gasteiger partial charge < -0.3 is 15.0 Å². The Bertz CT molecular complexity index is 361. The van der Waals surface area contributed by atoms with Crippen molar-refractivity contribution in [2.45, 2.75) is 6.54 Å². The number of rotatable bonds is 8. The second-order valence-corrected chi connectivity index (χ2v) is 4.68. The highest BCUT2D eigenvalue weighted by Crippen LogP contribution is 2.19. The largest absolute Gasteiger partial charge is 0.379 e. The SMILES string of the molecule is CN(C)CCOCCNCc1cccc(F)c1Cl. The third-order valence-corrected chi connectivity index (χ3v) is 2.88. The lowest BCUT2D eigenvalue weighted by molar-refractivity contribution is 0.119. The van der Waals surface area contributed by atoms with E-state index < -0.39 is 0 Å². The first-order valence-corrected chi connectivity index (χ1v) is 6.35. The summed E-state index contributed by atoms with van der Waals surface area (Å²) in [6, 6.07) is 4.83. The normalized spacial score (nSPS) is 11.2. The molecule has 5 heteroatoms. The second-order valence-electron chi connectivity index (χ2n) is 4.31. The Morgan fingerprint density at radius 2 is 2.11 bits per heavy atom. The van der Waals surface area contributed by atoms with Crippen LogP contribution in [-0.2, 0) is 11.3 Å². The first-order chi connectivity index (χ1) is 8.61. The molecule has 0 amide bonds. The van der Waals surface area contributed by atoms with E-state index in [-0.39, 0.29) is 10.8 Å². The summed E-state index contributed by atoms with van der Waals surface area (Å²) in [5.41, 5.74) is 0.768. The van der Waals surface area contributed by atoms with Gasteiger partial charge in [-0.15, -0.1) is 0 Å². The molecule has 0 aliphatic carbocycles. The van der Waals surface area contributed by atoms with Gasteiger partial charge in [0.05, 0.1) is 18.2 Å². The molecular formula is C13H20ClFN2O. The van der Waals surface area contributed by atoms with Gasteiger partial charge in [0, 0.05) is 19.6 Å². The van der Waals surface area contributed by atoms with Gasteiger partial charge in [-0.3, -0.25) is 0 Å². The number of nitrogens with zero attached hydrogens (tertiary/aromatic N) is 1. The molecule has 1 aromatic carbocycles. The standard InChI is InChI=1S/C13H20ClFN2O/c1-17(2)7-9-18-8-6-16-10-11-4-3-5-12(15)13(11)14/h3-5,16H,6-10H2,1-2H3. The number of benzene rings is 1. The molecule has 0 spiro atoms. The fourth-order valence-corrected chi connectivity index (χ4v) is 1.59. The highest BCUT2D eigenvalue weighted by molar-refractivity contribution is 6.31. The number of nitrogens with one attached hydrogen (secondary N) is 1. The van der Waals surface area contributed by atoms with Crippen LogP contribution in [-0.4, -0.2) is 45.3 Å². The molecule has 18 heavy (non-hydrogen) atoms. The number of likely N-dealkylation sites (N-methyl/N-ethyl adjacent to an activating group) is 1. The molecule has 0 fully saturated rings. The fraction of sp³-hybridized carbons (Fsp3) is 0.538. The van der Waals surface area contributed by atoms with Crippen molar-refractivity contribution in [2.24, 2.45) is 0 Å². The molecule has 0 saturated heterocycles. The van der Waals surface area contributed by atoms with Crippen molar-refractivity contribution in [3.8, 4) is 0 Å². The summed E-state index contributed by atoms with van der Waals surface area (Å²) in [4.78, 5) is 2.07. The molecule has 0 aliphatic heterocycles. The van der Waals surface area contributed by atoms with E-state index in [0.717, 1.165) is 25.3 Å². The molecule has 0 radical (unpaired) electrons. The zero-order valence-electron chi connectivity index (χ0n) is 10.9. The Balaban J connectivity index is 2.13. The van der Waals surface area contributed by atoms with Crippen LogP contribution in [0.15, 0.2) is 18.2 Å². The van der Waals surface area contributed by atoms with Crippen molar-refractivity contribution in [3.63, 3.8) is 0 Å². The third kappa shape index (κ3) is 5.78. The van der Waals surface area contributed by atoms with Crippen LogP contribution < -0.4 is 5.32 Å². The van der Waals surface area contributed by atoms with Crippen LogP contribution in [0.3, 0.4) is 0 Å². The first kappa shape index (κ1) is 15.4. The average Bonchev–Trinajstić information content (AvgIpc) is 2.32. The van der Waals surface area contributed by atoms with E-state index in [9.17, 15) is 4.39 Å². The summed E-state index contributed by atoms with van der Waals surface area (Å²) in [6.07, 6.45) is 0. The zero-order chi connectivity index (χ0) is 13.4. The maximum Gasteiger partial charge on any atom is 0.142 e. The van der Waals surface area contributed by atoms with Crippen LogP contribution in [0.25, 0.3) is 0 Å². The molecule has 0 unspecified atom stereocenters. The van der Waals surface area contributed by atoms with Gasteiger partial charge in [-0.25, -0.2) is 4.39 Å². The number of halogens is 2. The van der Waals surface area contributed by atoms with Crippen LogP contribution in [0.5, 0.6) is 0 Å². The van der Waals surface area contributed by atoms with E-state index in [1.54, 1.807) is 6.07 Å². The summed E-state index contributed by atoms with van der Waals surface area (Å²) < 4.78 is 18.6. The van der Waals surface area contributed by atoms with Crippen molar-refractivity contribution in [1.29, 1.82) is 0 Å². The minimum atomic E-state index is -0.377. The molecule has 102 valence electrons. The summed E-state index contributed by atoms with van der Waals surface area (Å²) >= 11 is 5.84. The molecule has 3 nitrogen and oxygen atoms in total.